The Morgan fingerprint density at radius 3 is 2.96 bits per heavy atom. The molecule has 0 radical (unpaired) electrons. The molecule has 0 saturated heterocycles. The molecule has 142 valence electrons. The monoisotopic (exact) mass is 412 g/mol. The minimum Gasteiger partial charge on any atom is -0.467 e. The molecule has 0 fully saturated rings. The fraction of sp³-hybridized carbons (Fsp3) is 0.250. The number of aromatic nitrogens is 3. The van der Waals surface area contributed by atoms with E-state index in [4.69, 9.17) is 16.0 Å². The molecule has 3 aromatic rings. The molecule has 0 unspecified atom stereocenters. The average molecular weight is 413 g/mol. The third-order valence-electron chi connectivity index (χ3n) is 4.98. The third-order valence-corrected chi connectivity index (χ3v) is 6.23. The van der Waals surface area contributed by atoms with E-state index >= 15 is 0 Å². The molecule has 0 amide bonds. The smallest absolute Gasteiger partial charge is 0.227 e. The molecule has 1 N–H and O–H groups in total. The number of carbonyl (C=O) groups is 1. The number of benzene rings is 1. The highest BCUT2D eigenvalue weighted by Crippen LogP contribution is 2.40. The lowest BCUT2D eigenvalue weighted by Crippen LogP contribution is -2.31. The Balaban J connectivity index is 1.49. The number of anilines is 1. The number of halogens is 1. The summed E-state index contributed by atoms with van der Waals surface area (Å²) in [5, 5.41) is 9.35. The minimum atomic E-state index is -0.379. The molecular formula is C20H17ClN4O2S. The highest BCUT2D eigenvalue weighted by atomic mass is 35.5. The molecule has 2 aliphatic rings. The summed E-state index contributed by atoms with van der Waals surface area (Å²) >= 11 is 7.77. The number of rotatable bonds is 4. The number of nitrogens with zero attached hydrogens (tertiary/aromatic N) is 3. The van der Waals surface area contributed by atoms with Crippen molar-refractivity contribution < 1.29 is 9.21 Å². The lowest BCUT2D eigenvalue weighted by Gasteiger charge is -2.30. The summed E-state index contributed by atoms with van der Waals surface area (Å²) in [7, 11) is 0. The molecule has 8 heteroatoms. The first-order valence-electron chi connectivity index (χ1n) is 9.10. The number of hydrogen-bond donors (Lipinski definition) is 1. The summed E-state index contributed by atoms with van der Waals surface area (Å²) in [4.78, 5) is 17.3. The van der Waals surface area contributed by atoms with Crippen LogP contribution in [-0.4, -0.2) is 20.5 Å². The van der Waals surface area contributed by atoms with Crippen molar-refractivity contribution in [1.82, 2.24) is 14.8 Å². The zero-order chi connectivity index (χ0) is 19.1. The largest absolute Gasteiger partial charge is 0.467 e. The zero-order valence-corrected chi connectivity index (χ0v) is 16.5. The van der Waals surface area contributed by atoms with E-state index in [9.17, 15) is 4.79 Å². The molecule has 28 heavy (non-hydrogen) atoms. The van der Waals surface area contributed by atoms with Crippen LogP contribution >= 0.6 is 23.4 Å². The Morgan fingerprint density at radius 1 is 1.25 bits per heavy atom. The number of allylic oxidation sites excluding steroid dienone is 2. The van der Waals surface area contributed by atoms with Gasteiger partial charge in [-0.15, -0.1) is 5.10 Å². The standard InChI is InChI=1S/C20H17ClN4O2S/c21-13-6-2-1-5-12(13)11-28-20-23-19-22-14-7-3-8-15(26)17(14)18(25(19)24-20)16-9-4-10-27-16/h1-2,4-6,9-10,18H,3,7-8,11H2,(H,22,23,24)/t18-/m1/s1. The molecule has 1 atom stereocenters. The second-order valence-electron chi connectivity index (χ2n) is 6.75. The molecule has 6 nitrogen and oxygen atoms in total. The summed E-state index contributed by atoms with van der Waals surface area (Å²) in [6.45, 7) is 0. The van der Waals surface area contributed by atoms with E-state index in [0.717, 1.165) is 34.7 Å². The Kier molecular flexibility index (Phi) is 4.49. The van der Waals surface area contributed by atoms with E-state index in [1.807, 2.05) is 36.4 Å². The van der Waals surface area contributed by atoms with Crippen LogP contribution in [0.4, 0.5) is 5.95 Å². The van der Waals surface area contributed by atoms with E-state index in [1.54, 1.807) is 10.9 Å². The van der Waals surface area contributed by atoms with Crippen LogP contribution < -0.4 is 5.32 Å². The number of ketones is 1. The van der Waals surface area contributed by atoms with Gasteiger partial charge in [-0.1, -0.05) is 41.6 Å². The summed E-state index contributed by atoms with van der Waals surface area (Å²) in [5.41, 5.74) is 2.70. The normalized spacial score (nSPS) is 18.6. The van der Waals surface area contributed by atoms with Crippen LogP contribution in [0.15, 0.2) is 63.5 Å². The van der Waals surface area contributed by atoms with Crippen LogP contribution in [0.5, 0.6) is 0 Å². The lowest BCUT2D eigenvalue weighted by atomic mass is 9.88. The highest BCUT2D eigenvalue weighted by molar-refractivity contribution is 7.98. The van der Waals surface area contributed by atoms with E-state index in [1.165, 1.54) is 11.8 Å². The highest BCUT2D eigenvalue weighted by Gasteiger charge is 2.38. The fourth-order valence-corrected chi connectivity index (χ4v) is 4.78. The molecule has 1 aliphatic carbocycles. The molecule has 0 saturated carbocycles. The quantitative estimate of drug-likeness (QED) is 0.618. The number of carbonyl (C=O) groups excluding carboxylic acids is 1. The van der Waals surface area contributed by atoms with Crippen molar-refractivity contribution in [3.05, 3.63) is 70.3 Å². The van der Waals surface area contributed by atoms with Gasteiger partial charge in [0, 0.05) is 28.5 Å². The first kappa shape index (κ1) is 17.6. The van der Waals surface area contributed by atoms with Gasteiger partial charge in [0.15, 0.2) is 5.78 Å². The Labute approximate surface area is 171 Å². The van der Waals surface area contributed by atoms with Crippen LogP contribution in [0, 0.1) is 0 Å². The minimum absolute atomic E-state index is 0.140. The summed E-state index contributed by atoms with van der Waals surface area (Å²) < 4.78 is 7.41. The van der Waals surface area contributed by atoms with Gasteiger partial charge in [0.25, 0.3) is 0 Å². The predicted molar refractivity (Wildman–Crippen MR) is 107 cm³/mol. The number of nitrogens with one attached hydrogen (secondary N) is 1. The van der Waals surface area contributed by atoms with E-state index in [2.05, 4.69) is 15.4 Å². The van der Waals surface area contributed by atoms with Crippen LogP contribution in [0.3, 0.4) is 0 Å². The maximum atomic E-state index is 12.7. The van der Waals surface area contributed by atoms with Crippen molar-refractivity contribution in [2.24, 2.45) is 0 Å². The van der Waals surface area contributed by atoms with E-state index in [0.29, 0.717) is 29.0 Å². The van der Waals surface area contributed by atoms with Gasteiger partial charge in [-0.25, -0.2) is 4.68 Å². The van der Waals surface area contributed by atoms with Gasteiger partial charge in [-0.2, -0.15) is 4.98 Å². The second kappa shape index (κ2) is 7.14. The van der Waals surface area contributed by atoms with Gasteiger partial charge in [-0.3, -0.25) is 4.79 Å². The molecular weight excluding hydrogens is 396 g/mol. The average Bonchev–Trinajstić information content (AvgIpc) is 3.35. The van der Waals surface area contributed by atoms with Crippen LogP contribution in [0.1, 0.15) is 36.6 Å². The molecule has 3 heterocycles. The first-order valence-corrected chi connectivity index (χ1v) is 10.5. The Bertz CT molecular complexity index is 1070. The van der Waals surface area contributed by atoms with Gasteiger partial charge in [0.2, 0.25) is 11.1 Å². The van der Waals surface area contributed by atoms with Crippen LogP contribution in [0.25, 0.3) is 0 Å². The second-order valence-corrected chi connectivity index (χ2v) is 8.10. The Morgan fingerprint density at radius 2 is 2.14 bits per heavy atom. The molecule has 0 bridgehead atoms. The molecule has 2 aromatic heterocycles. The van der Waals surface area contributed by atoms with Crippen LogP contribution in [0.2, 0.25) is 5.02 Å². The summed E-state index contributed by atoms with van der Waals surface area (Å²) in [5.74, 6) is 2.14. The van der Waals surface area contributed by atoms with Crippen molar-refractivity contribution >= 4 is 35.1 Å². The third kappa shape index (κ3) is 3.04. The van der Waals surface area contributed by atoms with Crippen molar-refractivity contribution in [3.8, 4) is 0 Å². The number of Topliss-reactive ketones (excluding diaryl/α,β-unsaturated/α-hetero) is 1. The lowest BCUT2D eigenvalue weighted by molar-refractivity contribution is -0.116. The first-order chi connectivity index (χ1) is 13.7. The SMILES string of the molecule is O=C1CCCC2=C1[C@@H](c1ccco1)n1nc(SCc3ccccc3Cl)nc1N2. The topological polar surface area (TPSA) is 73.0 Å². The number of thioether (sulfide) groups is 1. The Hall–Kier alpha value is -2.51. The molecule has 0 spiro atoms. The van der Waals surface area contributed by atoms with Crippen molar-refractivity contribution in [1.29, 1.82) is 0 Å². The summed E-state index contributed by atoms with van der Waals surface area (Å²) in [6.07, 6.45) is 3.84. The van der Waals surface area contributed by atoms with Gasteiger partial charge in [0.05, 0.1) is 6.26 Å². The fourth-order valence-electron chi connectivity index (χ4n) is 3.67. The number of furan rings is 1. The zero-order valence-electron chi connectivity index (χ0n) is 14.9. The van der Waals surface area contributed by atoms with Crippen molar-refractivity contribution in [2.75, 3.05) is 5.32 Å². The molecule has 1 aromatic carbocycles. The van der Waals surface area contributed by atoms with Gasteiger partial charge in [-0.05, 0) is 36.6 Å². The maximum absolute atomic E-state index is 12.7. The van der Waals surface area contributed by atoms with Crippen molar-refractivity contribution in [3.63, 3.8) is 0 Å². The van der Waals surface area contributed by atoms with Gasteiger partial charge >= 0.3 is 0 Å². The van der Waals surface area contributed by atoms with Crippen LogP contribution in [-0.2, 0) is 10.5 Å². The van der Waals surface area contributed by atoms with Crippen molar-refractivity contribution in [2.45, 2.75) is 36.2 Å². The maximum Gasteiger partial charge on any atom is 0.227 e. The van der Waals surface area contributed by atoms with Gasteiger partial charge in [0.1, 0.15) is 11.8 Å². The molecule has 1 aliphatic heterocycles. The van der Waals surface area contributed by atoms with Gasteiger partial charge < -0.3 is 9.73 Å². The number of fused-ring (bicyclic) bond motifs is 1. The summed E-state index contributed by atoms with van der Waals surface area (Å²) in [6, 6.07) is 11.1. The number of hydrogen-bond acceptors (Lipinski definition) is 6. The van der Waals surface area contributed by atoms with E-state index < -0.39 is 0 Å². The molecule has 5 rings (SSSR count). The predicted octanol–water partition coefficient (Wildman–Crippen LogP) is 4.84. The van der Waals surface area contributed by atoms with E-state index in [-0.39, 0.29) is 11.8 Å².